The molecule has 0 atom stereocenters. The Bertz CT molecular complexity index is 706. The van der Waals surface area contributed by atoms with E-state index in [4.69, 9.17) is 0 Å². The van der Waals surface area contributed by atoms with Gasteiger partial charge >= 0.3 is 0 Å². The standard InChI is InChI=1S/C14H18N2O2S2/c1-10-7-14(11(2)19-10)20(17,18)16-13-6-4-5-12(8-13)9-15-3/h4-8,15-16H,9H2,1-3H3. The van der Waals surface area contributed by atoms with Crippen LogP contribution in [0.15, 0.2) is 35.2 Å². The van der Waals surface area contributed by atoms with Crippen LogP contribution in [0.25, 0.3) is 0 Å². The summed E-state index contributed by atoms with van der Waals surface area (Å²) in [4.78, 5) is 2.16. The lowest BCUT2D eigenvalue weighted by atomic mass is 10.2. The molecule has 0 aliphatic heterocycles. The SMILES string of the molecule is CNCc1cccc(NS(=O)(=O)c2cc(C)sc2C)c1. The summed E-state index contributed by atoms with van der Waals surface area (Å²) in [5.41, 5.74) is 1.62. The van der Waals surface area contributed by atoms with E-state index in [0.717, 1.165) is 15.3 Å². The Morgan fingerprint density at radius 2 is 1.95 bits per heavy atom. The van der Waals surface area contributed by atoms with E-state index in [1.165, 1.54) is 11.3 Å². The number of rotatable bonds is 5. The molecule has 0 saturated carbocycles. The van der Waals surface area contributed by atoms with E-state index in [2.05, 4.69) is 10.0 Å². The molecule has 0 radical (unpaired) electrons. The van der Waals surface area contributed by atoms with Gasteiger partial charge in [-0.05, 0) is 44.7 Å². The van der Waals surface area contributed by atoms with Gasteiger partial charge in [0.25, 0.3) is 10.0 Å². The molecular weight excluding hydrogens is 292 g/mol. The van der Waals surface area contributed by atoms with E-state index in [9.17, 15) is 8.42 Å². The van der Waals surface area contributed by atoms with E-state index in [-0.39, 0.29) is 0 Å². The molecule has 4 nitrogen and oxygen atoms in total. The lowest BCUT2D eigenvalue weighted by Gasteiger charge is -2.09. The summed E-state index contributed by atoms with van der Waals surface area (Å²) in [7, 11) is -1.66. The van der Waals surface area contributed by atoms with Gasteiger partial charge in [0.05, 0.1) is 0 Å². The highest BCUT2D eigenvalue weighted by Gasteiger charge is 2.19. The van der Waals surface area contributed by atoms with Gasteiger partial charge in [0, 0.05) is 22.0 Å². The highest BCUT2D eigenvalue weighted by molar-refractivity contribution is 7.93. The Labute approximate surface area is 123 Å². The number of aryl methyl sites for hydroxylation is 2. The summed E-state index contributed by atoms with van der Waals surface area (Å²) in [6.45, 7) is 4.43. The van der Waals surface area contributed by atoms with Crippen molar-refractivity contribution in [1.82, 2.24) is 5.32 Å². The maximum Gasteiger partial charge on any atom is 0.262 e. The fourth-order valence-electron chi connectivity index (χ4n) is 2.03. The quantitative estimate of drug-likeness (QED) is 0.893. The van der Waals surface area contributed by atoms with Crippen molar-refractivity contribution in [3.8, 4) is 0 Å². The first-order valence-corrected chi connectivity index (χ1v) is 8.56. The number of nitrogens with one attached hydrogen (secondary N) is 2. The fraction of sp³-hybridized carbons (Fsp3) is 0.286. The summed E-state index contributed by atoms with van der Waals surface area (Å²) >= 11 is 1.49. The zero-order valence-electron chi connectivity index (χ0n) is 11.7. The minimum Gasteiger partial charge on any atom is -0.316 e. The molecular formula is C14H18N2O2S2. The van der Waals surface area contributed by atoms with Gasteiger partial charge in [0.15, 0.2) is 0 Å². The number of hydrogen-bond donors (Lipinski definition) is 2. The van der Waals surface area contributed by atoms with Crippen molar-refractivity contribution in [3.63, 3.8) is 0 Å². The van der Waals surface area contributed by atoms with Crippen molar-refractivity contribution >= 4 is 27.0 Å². The molecule has 20 heavy (non-hydrogen) atoms. The van der Waals surface area contributed by atoms with Crippen LogP contribution in [0.5, 0.6) is 0 Å². The third-order valence-electron chi connectivity index (χ3n) is 2.85. The molecule has 0 unspecified atom stereocenters. The molecule has 0 amide bonds. The molecule has 2 rings (SSSR count). The van der Waals surface area contributed by atoms with Crippen LogP contribution in [0, 0.1) is 13.8 Å². The predicted octanol–water partition coefficient (Wildman–Crippen LogP) is 2.89. The third-order valence-corrected chi connectivity index (χ3v) is 5.45. The van der Waals surface area contributed by atoms with Crippen LogP contribution >= 0.6 is 11.3 Å². The second kappa shape index (κ2) is 5.95. The Morgan fingerprint density at radius 3 is 2.55 bits per heavy atom. The van der Waals surface area contributed by atoms with E-state index in [0.29, 0.717) is 17.1 Å². The molecule has 0 aliphatic carbocycles. The van der Waals surface area contributed by atoms with Crippen molar-refractivity contribution in [3.05, 3.63) is 45.6 Å². The number of anilines is 1. The normalized spacial score (nSPS) is 11.6. The van der Waals surface area contributed by atoms with Gasteiger partial charge in [-0.2, -0.15) is 0 Å². The van der Waals surface area contributed by atoms with E-state index in [1.54, 1.807) is 12.1 Å². The lowest BCUT2D eigenvalue weighted by Crippen LogP contribution is -2.13. The fourth-order valence-corrected chi connectivity index (χ4v) is 4.64. The van der Waals surface area contributed by atoms with Crippen LogP contribution in [0.2, 0.25) is 0 Å². The van der Waals surface area contributed by atoms with Crippen molar-refractivity contribution in [2.24, 2.45) is 0 Å². The smallest absolute Gasteiger partial charge is 0.262 e. The van der Waals surface area contributed by atoms with Crippen molar-refractivity contribution in [2.75, 3.05) is 11.8 Å². The first-order chi connectivity index (χ1) is 9.42. The molecule has 1 aromatic carbocycles. The van der Waals surface area contributed by atoms with Gasteiger partial charge in [-0.1, -0.05) is 12.1 Å². The van der Waals surface area contributed by atoms with Crippen LogP contribution in [0.4, 0.5) is 5.69 Å². The number of hydrogen-bond acceptors (Lipinski definition) is 4. The van der Waals surface area contributed by atoms with Crippen molar-refractivity contribution in [2.45, 2.75) is 25.3 Å². The van der Waals surface area contributed by atoms with Crippen LogP contribution in [-0.2, 0) is 16.6 Å². The highest BCUT2D eigenvalue weighted by atomic mass is 32.2. The average Bonchev–Trinajstić information content (AvgIpc) is 2.69. The predicted molar refractivity (Wildman–Crippen MR) is 83.8 cm³/mol. The maximum absolute atomic E-state index is 12.4. The van der Waals surface area contributed by atoms with E-state index in [1.807, 2.05) is 39.1 Å². The van der Waals surface area contributed by atoms with E-state index < -0.39 is 10.0 Å². The topological polar surface area (TPSA) is 58.2 Å². The Morgan fingerprint density at radius 1 is 1.20 bits per heavy atom. The minimum atomic E-state index is -3.51. The van der Waals surface area contributed by atoms with Gasteiger partial charge in [0.2, 0.25) is 0 Å². The van der Waals surface area contributed by atoms with Crippen molar-refractivity contribution in [1.29, 1.82) is 0 Å². The number of thiophene rings is 1. The first-order valence-electron chi connectivity index (χ1n) is 6.26. The van der Waals surface area contributed by atoms with E-state index >= 15 is 0 Å². The van der Waals surface area contributed by atoms with Crippen LogP contribution < -0.4 is 10.0 Å². The van der Waals surface area contributed by atoms with Gasteiger partial charge in [-0.3, -0.25) is 4.72 Å². The monoisotopic (exact) mass is 310 g/mol. The zero-order valence-corrected chi connectivity index (χ0v) is 13.4. The zero-order chi connectivity index (χ0) is 14.8. The molecule has 0 bridgehead atoms. The number of sulfonamides is 1. The van der Waals surface area contributed by atoms with Crippen LogP contribution in [0.1, 0.15) is 15.3 Å². The largest absolute Gasteiger partial charge is 0.316 e. The lowest BCUT2D eigenvalue weighted by molar-refractivity contribution is 0.601. The second-order valence-corrected chi connectivity index (χ2v) is 7.72. The summed E-state index contributed by atoms with van der Waals surface area (Å²) in [6, 6.07) is 9.10. The summed E-state index contributed by atoms with van der Waals surface area (Å²) in [6.07, 6.45) is 0. The molecule has 108 valence electrons. The Balaban J connectivity index is 2.28. The van der Waals surface area contributed by atoms with Crippen molar-refractivity contribution < 1.29 is 8.42 Å². The molecule has 0 aliphatic rings. The molecule has 0 spiro atoms. The van der Waals surface area contributed by atoms with Gasteiger partial charge in [-0.25, -0.2) is 8.42 Å². The molecule has 2 N–H and O–H groups in total. The summed E-state index contributed by atoms with van der Waals surface area (Å²) in [5, 5.41) is 3.04. The molecule has 1 heterocycles. The molecule has 0 fully saturated rings. The Kier molecular flexibility index (Phi) is 4.47. The molecule has 6 heteroatoms. The molecule has 0 saturated heterocycles. The summed E-state index contributed by atoms with van der Waals surface area (Å²) in [5.74, 6) is 0. The molecule has 1 aromatic heterocycles. The maximum atomic E-state index is 12.4. The van der Waals surface area contributed by atoms with Gasteiger partial charge in [-0.15, -0.1) is 11.3 Å². The van der Waals surface area contributed by atoms with Gasteiger partial charge in [0.1, 0.15) is 4.90 Å². The summed E-state index contributed by atoms with van der Waals surface area (Å²) < 4.78 is 27.4. The number of benzene rings is 1. The highest BCUT2D eigenvalue weighted by Crippen LogP contribution is 2.26. The first kappa shape index (κ1) is 15.0. The minimum absolute atomic E-state index is 0.360. The van der Waals surface area contributed by atoms with Crippen LogP contribution in [-0.4, -0.2) is 15.5 Å². The Hall–Kier alpha value is -1.37. The second-order valence-electron chi connectivity index (χ2n) is 4.61. The molecule has 2 aromatic rings. The van der Waals surface area contributed by atoms with Gasteiger partial charge < -0.3 is 5.32 Å². The average molecular weight is 310 g/mol. The third kappa shape index (κ3) is 3.39. The van der Waals surface area contributed by atoms with Crippen LogP contribution in [0.3, 0.4) is 0 Å².